The standard InChI is InChI=1S/C46H60N4O10.C13H20N2.CH4O/c1-24(2)23-50-18-16-46(17-19-50)48-35-32-33-39(54)30(8)42-34(32)43(56)45(9,60-42)58-21-11-14-26(4)41(59-31(52)15-20-51)29(7)38(53)28(6)22-25(3)12-10-13-27(5)44(57)47-37(40(33)55)36(35)49-46;1-14-13-7-9-15(10-8-13)11-12-5-3-2-4-6-12;1-2/h10-13,20-21,24-26,28-29,38,41,53-55H,14-19,22-23H2,1-9H3,(H,47,57);2-6,13-14H,7-11H2,1H3;2H,1H3/b12-10+,21-11+,27-13-;;/t25?,26-,28-,29-,38?,41?,45?;;/m1../s1. The van der Waals surface area contributed by atoms with Crippen LogP contribution in [0.5, 0.6) is 17.2 Å². The number of ketones is 1. The second-order valence-corrected chi connectivity index (χ2v) is 22.2. The number of nitrogens with zero attached hydrogens (tertiary/aromatic N) is 4. The van der Waals surface area contributed by atoms with Gasteiger partial charge in [-0.2, -0.15) is 0 Å². The summed E-state index contributed by atoms with van der Waals surface area (Å²) in [4.78, 5) is 67.5. The third-order valence-corrected chi connectivity index (χ3v) is 15.7. The number of phenols is 2. The Morgan fingerprint density at radius 2 is 1.61 bits per heavy atom. The second kappa shape index (κ2) is 26.6. The van der Waals surface area contributed by atoms with Crippen LogP contribution in [-0.4, -0.2) is 131 Å². The van der Waals surface area contributed by atoms with E-state index in [4.69, 9.17) is 29.3 Å². The fraction of sp³-hybridized carbons (Fsp3) is 0.567. The summed E-state index contributed by atoms with van der Waals surface area (Å²) in [5.41, 5.74) is 1.04. The fourth-order valence-corrected chi connectivity index (χ4v) is 11.3. The van der Waals surface area contributed by atoms with Crippen molar-refractivity contribution >= 4 is 40.4 Å². The third-order valence-electron chi connectivity index (χ3n) is 15.7. The Morgan fingerprint density at radius 1 is 0.948 bits per heavy atom. The highest BCUT2D eigenvalue weighted by atomic mass is 16.7. The van der Waals surface area contributed by atoms with E-state index in [0.29, 0.717) is 43.5 Å². The number of esters is 1. The minimum absolute atomic E-state index is 0.0107. The maximum absolute atomic E-state index is 14.6. The van der Waals surface area contributed by atoms with Gasteiger partial charge in [0, 0.05) is 81.5 Å². The van der Waals surface area contributed by atoms with Gasteiger partial charge in [0.1, 0.15) is 41.4 Å². The molecule has 2 fully saturated rings. The van der Waals surface area contributed by atoms with Gasteiger partial charge in [-0.3, -0.25) is 29.3 Å². The first-order chi connectivity index (χ1) is 36.7. The molecular formula is C60H84N6O11. The number of hydrogen-bond donors (Lipinski definition) is 6. The summed E-state index contributed by atoms with van der Waals surface area (Å²) in [6.45, 7) is 22.5. The molecule has 6 N–H and O–H groups in total. The number of aldehydes is 1. The monoisotopic (exact) mass is 1060 g/mol. The summed E-state index contributed by atoms with van der Waals surface area (Å²) in [6.07, 6.45) is 11.4. The van der Waals surface area contributed by atoms with Crippen LogP contribution in [-0.2, 0) is 30.4 Å². The topological polar surface area (TPSA) is 232 Å². The minimum Gasteiger partial charge on any atom is -0.507 e. The summed E-state index contributed by atoms with van der Waals surface area (Å²) in [7, 11) is 3.07. The van der Waals surface area contributed by atoms with Crippen molar-refractivity contribution in [2.24, 2.45) is 39.6 Å². The van der Waals surface area contributed by atoms with Gasteiger partial charge >= 0.3 is 11.8 Å². The highest BCUT2D eigenvalue weighted by Gasteiger charge is 2.50. The smallest absolute Gasteiger partial charge is 0.313 e. The van der Waals surface area contributed by atoms with Crippen LogP contribution in [0.3, 0.4) is 0 Å². The maximum atomic E-state index is 14.6. The van der Waals surface area contributed by atoms with Gasteiger partial charge in [-0.1, -0.05) is 90.1 Å². The number of phenolic OH excluding ortho intramolecular Hbond substituents is 2. The molecule has 6 heterocycles. The van der Waals surface area contributed by atoms with Crippen molar-refractivity contribution in [2.45, 2.75) is 144 Å². The van der Waals surface area contributed by atoms with E-state index in [1.807, 2.05) is 33.8 Å². The molecule has 17 heteroatoms. The summed E-state index contributed by atoms with van der Waals surface area (Å²) < 4.78 is 18.1. The Balaban J connectivity index is 0.000000480. The molecule has 4 unspecified atom stereocenters. The number of aliphatic hydroxyl groups excluding tert-OH is 2. The summed E-state index contributed by atoms with van der Waals surface area (Å²) in [5, 5.41) is 49.2. The van der Waals surface area contributed by atoms with Gasteiger partial charge in [0.2, 0.25) is 0 Å². The molecule has 6 aliphatic heterocycles. The zero-order valence-corrected chi connectivity index (χ0v) is 47.1. The number of allylic oxidation sites excluding steroid dienone is 4. The van der Waals surface area contributed by atoms with Crippen molar-refractivity contribution in [1.29, 1.82) is 0 Å². The van der Waals surface area contributed by atoms with Crippen LogP contribution in [0.2, 0.25) is 0 Å². The first-order valence-corrected chi connectivity index (χ1v) is 27.4. The lowest BCUT2D eigenvalue weighted by Gasteiger charge is -2.36. The van der Waals surface area contributed by atoms with E-state index >= 15 is 0 Å². The van der Waals surface area contributed by atoms with Gasteiger partial charge in [0.05, 0.1) is 28.7 Å². The molecule has 6 aliphatic rings. The van der Waals surface area contributed by atoms with Gasteiger partial charge in [-0.25, -0.2) is 0 Å². The number of aliphatic hydroxyl groups is 2. The molecule has 0 aromatic heterocycles. The Bertz CT molecular complexity index is 2800. The number of hydrogen-bond acceptors (Lipinski definition) is 16. The largest absolute Gasteiger partial charge is 0.507 e. The molecule has 7 atom stereocenters. The zero-order chi connectivity index (χ0) is 56.4. The van der Waals surface area contributed by atoms with E-state index in [-0.39, 0.29) is 67.6 Å². The maximum Gasteiger partial charge on any atom is 0.313 e. The third kappa shape index (κ3) is 14.0. The molecule has 3 aromatic carbocycles. The molecule has 3 aromatic rings. The molecule has 0 saturated carbocycles. The number of rotatable bonds is 8. The van der Waals surface area contributed by atoms with Crippen molar-refractivity contribution in [3.8, 4) is 17.2 Å². The first kappa shape index (κ1) is 60.3. The normalized spacial score (nSPS) is 27.5. The van der Waals surface area contributed by atoms with Crippen LogP contribution in [0.15, 0.2) is 76.5 Å². The lowest BCUT2D eigenvalue weighted by Crippen LogP contribution is -2.43. The molecule has 0 aliphatic carbocycles. The molecule has 17 nitrogen and oxygen atoms in total. The summed E-state index contributed by atoms with van der Waals surface area (Å²) in [6, 6.07) is 11.5. The average molecular weight is 1070 g/mol. The van der Waals surface area contributed by atoms with Crippen molar-refractivity contribution < 1.29 is 53.8 Å². The van der Waals surface area contributed by atoms with Crippen molar-refractivity contribution in [1.82, 2.24) is 15.1 Å². The molecule has 77 heavy (non-hydrogen) atoms. The van der Waals surface area contributed by atoms with E-state index in [1.165, 1.54) is 44.7 Å². The Morgan fingerprint density at radius 3 is 2.25 bits per heavy atom. The van der Waals surface area contributed by atoms with Crippen LogP contribution in [0, 0.1) is 36.5 Å². The van der Waals surface area contributed by atoms with Crippen LogP contribution >= 0.6 is 0 Å². The summed E-state index contributed by atoms with van der Waals surface area (Å²) >= 11 is 0. The molecule has 9 rings (SSSR count). The lowest BCUT2D eigenvalue weighted by molar-refractivity contribution is -0.158. The number of aromatic hydroxyl groups is 2. The van der Waals surface area contributed by atoms with Gasteiger partial charge in [-0.15, -0.1) is 0 Å². The molecular weight excluding hydrogens is 981 g/mol. The van der Waals surface area contributed by atoms with Crippen LogP contribution in [0.25, 0.3) is 10.8 Å². The van der Waals surface area contributed by atoms with E-state index in [9.17, 15) is 34.5 Å². The van der Waals surface area contributed by atoms with Crippen LogP contribution in [0.4, 0.5) is 5.69 Å². The predicted octanol–water partition coefficient (Wildman–Crippen LogP) is 7.20. The molecule has 420 valence electrons. The number of piperidine rings is 2. The summed E-state index contributed by atoms with van der Waals surface area (Å²) in [5.74, 6) is -5.04. The van der Waals surface area contributed by atoms with E-state index < -0.39 is 59.4 Å². The number of ether oxygens (including phenoxy) is 3. The van der Waals surface area contributed by atoms with Gasteiger partial charge in [0.15, 0.2) is 11.4 Å². The number of Topliss-reactive ketones (excluding diaryl/α,β-unsaturated/α-hetero) is 1. The average Bonchev–Trinajstić information content (AvgIpc) is 4.12. The number of benzene rings is 3. The number of nitrogens with one attached hydrogen (secondary N) is 2. The number of likely N-dealkylation sites (tertiary alicyclic amines) is 2. The molecule has 2 saturated heterocycles. The number of fused-ring (bicyclic) bond motifs is 13. The molecule has 0 radical (unpaired) electrons. The Hall–Kier alpha value is -5.98. The number of carbonyl (C=O) groups is 4. The van der Waals surface area contributed by atoms with Gasteiger partial charge in [-0.05, 0) is 95.0 Å². The van der Waals surface area contributed by atoms with E-state index in [2.05, 4.69) is 71.7 Å². The SMILES string of the molecule is C/C1=C/C=C/C(C)C[C@@H](C)C(O)[C@@H](C)C(OC(=O)CC=O)[C@H](C)C/C=C/OC2(C)Oc3c(C)c(O)c4c(O)c(c5c(c4c3C2=O)=NC2(CCN(CC(C)C)CC2)N=5)NC1=O.CNC1CCN(Cc2ccccc2)CC1.CO. The van der Waals surface area contributed by atoms with Crippen molar-refractivity contribution in [3.05, 3.63) is 93.9 Å². The second-order valence-electron chi connectivity index (χ2n) is 22.2. The molecule has 1 amide bonds. The number of anilines is 1. The molecule has 1 spiro atoms. The Labute approximate surface area is 454 Å². The highest BCUT2D eigenvalue weighted by Crippen LogP contribution is 2.50. The van der Waals surface area contributed by atoms with E-state index in [1.54, 1.807) is 32.1 Å². The quantitative estimate of drug-likeness (QED) is 0.0567. The van der Waals surface area contributed by atoms with Gasteiger partial charge in [0.25, 0.3) is 11.7 Å². The zero-order valence-electron chi connectivity index (χ0n) is 47.1. The molecule has 5 bridgehead atoms. The number of carbonyl (C=O) groups excluding carboxylic acids is 4. The van der Waals surface area contributed by atoms with Crippen LogP contribution in [0.1, 0.15) is 122 Å². The Kier molecular flexibility index (Phi) is 20.8. The van der Waals surface area contributed by atoms with E-state index in [0.717, 1.165) is 39.3 Å². The predicted molar refractivity (Wildman–Crippen MR) is 297 cm³/mol. The van der Waals surface area contributed by atoms with Gasteiger partial charge < -0.3 is 55.0 Å². The first-order valence-electron chi connectivity index (χ1n) is 27.4. The lowest BCUT2D eigenvalue weighted by atomic mass is 9.80. The number of amides is 1. The van der Waals surface area contributed by atoms with Crippen molar-refractivity contribution in [2.75, 3.05) is 52.2 Å². The van der Waals surface area contributed by atoms with Crippen LogP contribution < -0.4 is 26.1 Å². The fourth-order valence-electron chi connectivity index (χ4n) is 11.3. The van der Waals surface area contributed by atoms with Crippen molar-refractivity contribution in [3.63, 3.8) is 0 Å². The minimum atomic E-state index is -1.90. The highest BCUT2D eigenvalue weighted by molar-refractivity contribution is 6.19.